The molecule has 0 atom stereocenters. The third kappa shape index (κ3) is 3.44. The van der Waals surface area contributed by atoms with Crippen LogP contribution in [0.1, 0.15) is 30.3 Å². The highest BCUT2D eigenvalue weighted by Crippen LogP contribution is 2.36. The summed E-state index contributed by atoms with van der Waals surface area (Å²) in [6.07, 6.45) is 1.14. The van der Waals surface area contributed by atoms with E-state index in [1.54, 1.807) is 46.8 Å². The number of anilines is 2. The number of halogens is 1. The van der Waals surface area contributed by atoms with Gasteiger partial charge in [-0.3, -0.25) is 9.59 Å². The Balaban J connectivity index is 1.76. The average Bonchev–Trinajstić information content (AvgIpc) is 3.24. The van der Waals surface area contributed by atoms with Crippen molar-refractivity contribution in [2.75, 3.05) is 23.4 Å². The van der Waals surface area contributed by atoms with Gasteiger partial charge in [0, 0.05) is 31.1 Å². The highest BCUT2D eigenvalue weighted by molar-refractivity contribution is 6.17. The molecule has 1 aromatic heterocycles. The van der Waals surface area contributed by atoms with Crippen LogP contribution in [0, 0.1) is 5.82 Å². The van der Waals surface area contributed by atoms with Gasteiger partial charge in [-0.25, -0.2) is 4.39 Å². The Labute approximate surface area is 167 Å². The quantitative estimate of drug-likeness (QED) is 0.708. The molecule has 7 heteroatoms. The predicted molar refractivity (Wildman–Crippen MR) is 110 cm³/mol. The van der Waals surface area contributed by atoms with Gasteiger partial charge in [0.05, 0.1) is 17.8 Å². The van der Waals surface area contributed by atoms with Crippen molar-refractivity contribution in [2.24, 2.45) is 7.05 Å². The molecule has 1 saturated heterocycles. The number of nitrogens with zero attached hydrogens (tertiary/aromatic N) is 2. The largest absolute Gasteiger partial charge is 0.494 e. The van der Waals surface area contributed by atoms with Crippen molar-refractivity contribution >= 4 is 34.1 Å². The fraction of sp³-hybridized carbons (Fsp3) is 0.273. The van der Waals surface area contributed by atoms with Gasteiger partial charge in [-0.05, 0) is 55.8 Å². The lowest BCUT2D eigenvalue weighted by Gasteiger charge is -2.18. The number of amides is 2. The molecule has 0 unspecified atom stereocenters. The first-order valence-corrected chi connectivity index (χ1v) is 9.62. The molecule has 2 aromatic carbocycles. The SMILES string of the molecule is CCOc1ccc(NC(=O)c2c(N3CCCC3=O)c3cc(F)ccc3n2C)cc1. The van der Waals surface area contributed by atoms with E-state index in [2.05, 4.69) is 5.32 Å². The van der Waals surface area contributed by atoms with Gasteiger partial charge < -0.3 is 19.5 Å². The van der Waals surface area contributed by atoms with Crippen LogP contribution in [0.25, 0.3) is 10.9 Å². The number of hydrogen-bond acceptors (Lipinski definition) is 3. The molecule has 150 valence electrons. The summed E-state index contributed by atoms with van der Waals surface area (Å²) in [4.78, 5) is 27.2. The third-order valence-electron chi connectivity index (χ3n) is 5.12. The zero-order valence-corrected chi connectivity index (χ0v) is 16.4. The lowest BCUT2D eigenvalue weighted by molar-refractivity contribution is -0.117. The van der Waals surface area contributed by atoms with Crippen molar-refractivity contribution in [1.29, 1.82) is 0 Å². The Morgan fingerprint density at radius 3 is 2.62 bits per heavy atom. The molecule has 2 amide bonds. The van der Waals surface area contributed by atoms with E-state index in [-0.39, 0.29) is 11.8 Å². The second-order valence-electron chi connectivity index (χ2n) is 6.98. The molecule has 1 aliphatic rings. The summed E-state index contributed by atoms with van der Waals surface area (Å²) in [5, 5.41) is 3.43. The van der Waals surface area contributed by atoms with Crippen molar-refractivity contribution in [3.05, 3.63) is 54.0 Å². The minimum Gasteiger partial charge on any atom is -0.494 e. The van der Waals surface area contributed by atoms with Crippen LogP contribution < -0.4 is 15.0 Å². The van der Waals surface area contributed by atoms with E-state index in [4.69, 9.17) is 4.74 Å². The van der Waals surface area contributed by atoms with Crippen LogP contribution in [0.4, 0.5) is 15.8 Å². The molecule has 1 aliphatic heterocycles. The molecule has 1 fully saturated rings. The summed E-state index contributed by atoms with van der Waals surface area (Å²) in [6.45, 7) is 2.98. The zero-order chi connectivity index (χ0) is 20.5. The van der Waals surface area contributed by atoms with E-state index in [0.717, 1.165) is 0 Å². The molecule has 0 spiro atoms. The van der Waals surface area contributed by atoms with Gasteiger partial charge in [0.15, 0.2) is 0 Å². The Kier molecular flexibility index (Phi) is 4.96. The van der Waals surface area contributed by atoms with Crippen molar-refractivity contribution in [1.82, 2.24) is 4.57 Å². The summed E-state index contributed by atoms with van der Waals surface area (Å²) < 4.78 is 21.1. The van der Waals surface area contributed by atoms with Crippen molar-refractivity contribution in [3.8, 4) is 5.75 Å². The van der Waals surface area contributed by atoms with Crippen LogP contribution in [0.3, 0.4) is 0 Å². The molecule has 3 aromatic rings. The number of fused-ring (bicyclic) bond motifs is 1. The smallest absolute Gasteiger partial charge is 0.274 e. The van der Waals surface area contributed by atoms with Gasteiger partial charge in [-0.2, -0.15) is 0 Å². The Morgan fingerprint density at radius 2 is 1.97 bits per heavy atom. The van der Waals surface area contributed by atoms with Gasteiger partial charge in [0.1, 0.15) is 17.3 Å². The number of benzene rings is 2. The van der Waals surface area contributed by atoms with Crippen molar-refractivity contribution in [2.45, 2.75) is 19.8 Å². The van der Waals surface area contributed by atoms with Crippen LogP contribution in [-0.4, -0.2) is 29.5 Å². The molecule has 0 radical (unpaired) electrons. The molecule has 29 heavy (non-hydrogen) atoms. The van der Waals surface area contributed by atoms with Gasteiger partial charge in [-0.15, -0.1) is 0 Å². The number of aromatic nitrogens is 1. The van der Waals surface area contributed by atoms with Crippen LogP contribution in [0.2, 0.25) is 0 Å². The summed E-state index contributed by atoms with van der Waals surface area (Å²) in [5.41, 5.74) is 2.09. The number of carbonyl (C=O) groups excluding carboxylic acids is 2. The number of carbonyl (C=O) groups is 2. The molecule has 4 rings (SSSR count). The monoisotopic (exact) mass is 395 g/mol. The molecule has 0 saturated carbocycles. The van der Waals surface area contributed by atoms with Crippen LogP contribution >= 0.6 is 0 Å². The first kappa shape index (κ1) is 19.0. The minimum atomic E-state index is -0.408. The number of nitrogens with one attached hydrogen (secondary N) is 1. The second-order valence-corrected chi connectivity index (χ2v) is 6.98. The standard InChI is InChI=1S/C22H22FN3O3/c1-3-29-16-9-7-15(8-10-16)24-22(28)21-20(26-12-4-5-19(26)27)17-13-14(23)6-11-18(17)25(21)2/h6-11,13H,3-5,12H2,1-2H3,(H,24,28). The summed E-state index contributed by atoms with van der Waals surface area (Å²) in [6, 6.07) is 11.4. The number of ether oxygens (including phenoxy) is 1. The zero-order valence-electron chi connectivity index (χ0n) is 16.4. The van der Waals surface area contributed by atoms with Crippen molar-refractivity contribution < 1.29 is 18.7 Å². The fourth-order valence-electron chi connectivity index (χ4n) is 3.81. The lowest BCUT2D eigenvalue weighted by atomic mass is 10.2. The van der Waals surface area contributed by atoms with Gasteiger partial charge in [0.2, 0.25) is 5.91 Å². The summed E-state index contributed by atoms with van der Waals surface area (Å²) in [5.74, 6) is -0.108. The van der Waals surface area contributed by atoms with Crippen LogP contribution in [-0.2, 0) is 11.8 Å². The van der Waals surface area contributed by atoms with E-state index in [1.165, 1.54) is 12.1 Å². The molecule has 1 N–H and O–H groups in total. The fourth-order valence-corrected chi connectivity index (χ4v) is 3.81. The van der Waals surface area contributed by atoms with Gasteiger partial charge in [0.25, 0.3) is 5.91 Å². The van der Waals surface area contributed by atoms with Crippen LogP contribution in [0.5, 0.6) is 5.75 Å². The van der Waals surface area contributed by atoms with E-state index >= 15 is 0 Å². The normalized spacial score (nSPS) is 13.9. The molecular formula is C22H22FN3O3. The maximum Gasteiger partial charge on any atom is 0.274 e. The van der Waals surface area contributed by atoms with Gasteiger partial charge >= 0.3 is 0 Å². The van der Waals surface area contributed by atoms with E-state index in [1.807, 2.05) is 6.92 Å². The Hall–Kier alpha value is -3.35. The highest BCUT2D eigenvalue weighted by atomic mass is 19.1. The first-order chi connectivity index (χ1) is 14.0. The van der Waals surface area contributed by atoms with E-state index in [9.17, 15) is 14.0 Å². The maximum absolute atomic E-state index is 14.0. The molecule has 2 heterocycles. The second kappa shape index (κ2) is 7.58. The molecule has 6 nitrogen and oxygen atoms in total. The van der Waals surface area contributed by atoms with Crippen LogP contribution in [0.15, 0.2) is 42.5 Å². The number of hydrogen-bond donors (Lipinski definition) is 1. The number of rotatable bonds is 5. The summed E-state index contributed by atoms with van der Waals surface area (Å²) in [7, 11) is 1.75. The lowest BCUT2D eigenvalue weighted by Crippen LogP contribution is -2.27. The average molecular weight is 395 g/mol. The molecule has 0 aliphatic carbocycles. The first-order valence-electron chi connectivity index (χ1n) is 9.62. The number of aryl methyl sites for hydroxylation is 1. The summed E-state index contributed by atoms with van der Waals surface area (Å²) >= 11 is 0. The molecular weight excluding hydrogens is 373 g/mol. The van der Waals surface area contributed by atoms with E-state index < -0.39 is 5.82 Å². The minimum absolute atomic E-state index is 0.0584. The maximum atomic E-state index is 14.0. The van der Waals surface area contributed by atoms with E-state index in [0.29, 0.717) is 59.7 Å². The highest BCUT2D eigenvalue weighted by Gasteiger charge is 2.31. The van der Waals surface area contributed by atoms with Gasteiger partial charge in [-0.1, -0.05) is 0 Å². The Morgan fingerprint density at radius 1 is 1.21 bits per heavy atom. The topological polar surface area (TPSA) is 63.6 Å². The van der Waals surface area contributed by atoms with Crippen molar-refractivity contribution in [3.63, 3.8) is 0 Å². The third-order valence-corrected chi connectivity index (χ3v) is 5.12. The predicted octanol–water partition coefficient (Wildman–Crippen LogP) is 4.10. The molecule has 0 bridgehead atoms. The Bertz CT molecular complexity index is 1090.